The van der Waals surface area contributed by atoms with Crippen LogP contribution in [0.1, 0.15) is 90.9 Å². The highest BCUT2D eigenvalue weighted by Gasteiger charge is 2.16. The molecule has 1 atom stereocenters. The summed E-state index contributed by atoms with van der Waals surface area (Å²) in [5.41, 5.74) is 0. The molecule has 2 N–H and O–H groups in total. The first-order valence-electron chi connectivity index (χ1n) is 9.09. The minimum absolute atomic E-state index is 0.286. The van der Waals surface area contributed by atoms with Gasteiger partial charge in [-0.1, -0.05) is 71.6 Å². The van der Waals surface area contributed by atoms with E-state index in [2.05, 4.69) is 19.2 Å². The summed E-state index contributed by atoms with van der Waals surface area (Å²) in [6.07, 6.45) is 16.4. The first-order chi connectivity index (χ1) is 9.72. The average Bonchev–Trinajstić information content (AvgIpc) is 2.40. The molecule has 0 aliphatic heterocycles. The predicted octanol–water partition coefficient (Wildman–Crippen LogP) is 4.66. The standard InChI is InChI=1S/C18H37NO/c1-16(2)14-18(15-20)19-17-12-10-8-6-4-3-5-7-9-11-13-17/h16-20H,3-15H2,1-2H3. The summed E-state index contributed by atoms with van der Waals surface area (Å²) in [5.74, 6) is 0.658. The van der Waals surface area contributed by atoms with Crippen molar-refractivity contribution in [2.24, 2.45) is 5.92 Å². The molecule has 0 radical (unpaired) electrons. The van der Waals surface area contributed by atoms with Crippen molar-refractivity contribution in [3.63, 3.8) is 0 Å². The van der Waals surface area contributed by atoms with E-state index in [1.54, 1.807) is 0 Å². The third-order valence-electron chi connectivity index (χ3n) is 4.55. The Balaban J connectivity index is 2.36. The summed E-state index contributed by atoms with van der Waals surface area (Å²) < 4.78 is 0. The number of hydrogen-bond acceptors (Lipinski definition) is 2. The molecule has 1 fully saturated rings. The highest BCUT2D eigenvalue weighted by atomic mass is 16.3. The van der Waals surface area contributed by atoms with Gasteiger partial charge in [0.1, 0.15) is 0 Å². The number of hydrogen-bond donors (Lipinski definition) is 2. The van der Waals surface area contributed by atoms with Gasteiger partial charge in [0.15, 0.2) is 0 Å². The van der Waals surface area contributed by atoms with Gasteiger partial charge in [0, 0.05) is 12.1 Å². The normalized spacial score (nSPS) is 22.2. The van der Waals surface area contributed by atoms with E-state index in [4.69, 9.17) is 0 Å². The SMILES string of the molecule is CC(C)CC(CO)NC1CCCCCCCCCCC1. The topological polar surface area (TPSA) is 32.3 Å². The van der Waals surface area contributed by atoms with Crippen LogP contribution in [0.2, 0.25) is 0 Å². The molecule has 0 heterocycles. The van der Waals surface area contributed by atoms with Gasteiger partial charge in [0.05, 0.1) is 6.61 Å². The lowest BCUT2D eigenvalue weighted by molar-refractivity contribution is 0.206. The molecular formula is C18H37NO. The van der Waals surface area contributed by atoms with E-state index >= 15 is 0 Å². The van der Waals surface area contributed by atoms with Crippen molar-refractivity contribution in [2.45, 2.75) is 103 Å². The summed E-state index contributed by atoms with van der Waals surface area (Å²) in [5, 5.41) is 13.3. The van der Waals surface area contributed by atoms with Crippen molar-refractivity contribution in [3.05, 3.63) is 0 Å². The lowest BCUT2D eigenvalue weighted by Gasteiger charge is -2.26. The molecule has 2 heteroatoms. The molecule has 20 heavy (non-hydrogen) atoms. The zero-order valence-electron chi connectivity index (χ0n) is 13.9. The largest absolute Gasteiger partial charge is 0.395 e. The number of rotatable bonds is 5. The van der Waals surface area contributed by atoms with Crippen LogP contribution in [0.25, 0.3) is 0 Å². The molecule has 2 nitrogen and oxygen atoms in total. The average molecular weight is 283 g/mol. The van der Waals surface area contributed by atoms with Gasteiger partial charge in [0.25, 0.3) is 0 Å². The van der Waals surface area contributed by atoms with E-state index in [0.29, 0.717) is 18.0 Å². The van der Waals surface area contributed by atoms with Gasteiger partial charge in [-0.2, -0.15) is 0 Å². The van der Waals surface area contributed by atoms with Crippen LogP contribution < -0.4 is 5.32 Å². The highest BCUT2D eigenvalue weighted by Crippen LogP contribution is 2.18. The van der Waals surface area contributed by atoms with Gasteiger partial charge in [-0.05, 0) is 25.2 Å². The maximum Gasteiger partial charge on any atom is 0.0584 e. The second-order valence-electron chi connectivity index (χ2n) is 7.13. The predicted molar refractivity (Wildman–Crippen MR) is 88.0 cm³/mol. The monoisotopic (exact) mass is 283 g/mol. The molecule has 0 aromatic heterocycles. The van der Waals surface area contributed by atoms with Crippen LogP contribution in [0.3, 0.4) is 0 Å². The summed E-state index contributed by atoms with van der Waals surface area (Å²) in [4.78, 5) is 0. The fraction of sp³-hybridized carbons (Fsp3) is 1.00. The van der Waals surface area contributed by atoms with E-state index in [9.17, 15) is 5.11 Å². The van der Waals surface area contributed by atoms with Crippen LogP contribution in [-0.2, 0) is 0 Å². The lowest BCUT2D eigenvalue weighted by Crippen LogP contribution is -2.41. The second kappa shape index (κ2) is 11.6. The first kappa shape index (κ1) is 18.0. The Bertz CT molecular complexity index is 205. The van der Waals surface area contributed by atoms with Gasteiger partial charge in [0.2, 0.25) is 0 Å². The fourth-order valence-corrected chi connectivity index (χ4v) is 3.43. The Morgan fingerprint density at radius 3 is 1.70 bits per heavy atom. The van der Waals surface area contributed by atoms with Crippen LogP contribution in [0, 0.1) is 5.92 Å². The Kier molecular flexibility index (Phi) is 10.4. The van der Waals surface area contributed by atoms with E-state index in [-0.39, 0.29) is 6.61 Å². The Morgan fingerprint density at radius 1 is 0.850 bits per heavy atom. The third-order valence-corrected chi connectivity index (χ3v) is 4.55. The van der Waals surface area contributed by atoms with Crippen molar-refractivity contribution < 1.29 is 5.11 Å². The van der Waals surface area contributed by atoms with Crippen molar-refractivity contribution in [2.75, 3.05) is 6.61 Å². The number of aliphatic hydroxyl groups is 1. The van der Waals surface area contributed by atoms with Gasteiger partial charge >= 0.3 is 0 Å². The smallest absolute Gasteiger partial charge is 0.0584 e. The van der Waals surface area contributed by atoms with Crippen molar-refractivity contribution in [1.29, 1.82) is 0 Å². The fourth-order valence-electron chi connectivity index (χ4n) is 3.43. The Hall–Kier alpha value is -0.0800. The summed E-state index contributed by atoms with van der Waals surface area (Å²) >= 11 is 0. The lowest BCUT2D eigenvalue weighted by atomic mass is 9.96. The summed E-state index contributed by atoms with van der Waals surface area (Å²) in [7, 11) is 0. The molecule has 1 aliphatic carbocycles. The molecule has 1 rings (SSSR count). The molecule has 0 bridgehead atoms. The quantitative estimate of drug-likeness (QED) is 0.769. The van der Waals surface area contributed by atoms with E-state index in [0.717, 1.165) is 6.42 Å². The second-order valence-corrected chi connectivity index (χ2v) is 7.13. The van der Waals surface area contributed by atoms with E-state index < -0.39 is 0 Å². The summed E-state index contributed by atoms with van der Waals surface area (Å²) in [6, 6.07) is 0.929. The zero-order valence-corrected chi connectivity index (χ0v) is 13.9. The number of aliphatic hydroxyl groups excluding tert-OH is 1. The van der Waals surface area contributed by atoms with Gasteiger partial charge in [-0.15, -0.1) is 0 Å². The molecule has 0 aromatic rings. The molecule has 120 valence electrons. The van der Waals surface area contributed by atoms with Gasteiger partial charge < -0.3 is 10.4 Å². The van der Waals surface area contributed by atoms with Gasteiger partial charge in [-0.3, -0.25) is 0 Å². The molecule has 0 amide bonds. The molecule has 1 aliphatic rings. The highest BCUT2D eigenvalue weighted by molar-refractivity contribution is 4.75. The van der Waals surface area contributed by atoms with Crippen LogP contribution in [0.4, 0.5) is 0 Å². The van der Waals surface area contributed by atoms with Crippen LogP contribution in [0.15, 0.2) is 0 Å². The van der Waals surface area contributed by atoms with Gasteiger partial charge in [-0.25, -0.2) is 0 Å². The number of nitrogens with one attached hydrogen (secondary N) is 1. The first-order valence-corrected chi connectivity index (χ1v) is 9.09. The van der Waals surface area contributed by atoms with E-state index in [1.807, 2.05) is 0 Å². The molecule has 0 aromatic carbocycles. The van der Waals surface area contributed by atoms with E-state index in [1.165, 1.54) is 70.6 Å². The molecular weight excluding hydrogens is 246 g/mol. The Labute approximate surface area is 126 Å². The Morgan fingerprint density at radius 2 is 1.30 bits per heavy atom. The van der Waals surface area contributed by atoms with Crippen molar-refractivity contribution in [3.8, 4) is 0 Å². The minimum Gasteiger partial charge on any atom is -0.395 e. The zero-order chi connectivity index (χ0) is 14.6. The summed E-state index contributed by atoms with van der Waals surface area (Å²) in [6.45, 7) is 4.77. The minimum atomic E-state index is 0.286. The van der Waals surface area contributed by atoms with Crippen molar-refractivity contribution >= 4 is 0 Å². The van der Waals surface area contributed by atoms with Crippen LogP contribution >= 0.6 is 0 Å². The molecule has 0 saturated heterocycles. The maximum absolute atomic E-state index is 9.55. The van der Waals surface area contributed by atoms with Crippen LogP contribution in [-0.4, -0.2) is 23.8 Å². The van der Waals surface area contributed by atoms with Crippen molar-refractivity contribution in [1.82, 2.24) is 5.32 Å². The molecule has 1 unspecified atom stereocenters. The third kappa shape index (κ3) is 8.97. The molecule has 1 saturated carbocycles. The molecule has 0 spiro atoms. The van der Waals surface area contributed by atoms with Crippen LogP contribution in [0.5, 0.6) is 0 Å². The maximum atomic E-state index is 9.55.